The number of methoxy groups -OCH3 is 1. The number of rotatable bonds is 12. The molecule has 1 aliphatic rings. The summed E-state index contributed by atoms with van der Waals surface area (Å²) in [6.07, 6.45) is 0.492. The van der Waals surface area contributed by atoms with Gasteiger partial charge in [-0.1, -0.05) is 37.3 Å². The van der Waals surface area contributed by atoms with Crippen LogP contribution < -0.4 is 14.8 Å². The summed E-state index contributed by atoms with van der Waals surface area (Å²) in [5.74, 6) is 1.37. The lowest BCUT2D eigenvalue weighted by Gasteiger charge is -2.34. The number of aliphatic hydroxyl groups excluding tert-OH is 1. The van der Waals surface area contributed by atoms with Gasteiger partial charge in [0.15, 0.2) is 11.5 Å². The van der Waals surface area contributed by atoms with Crippen molar-refractivity contribution in [1.29, 1.82) is 0 Å². The first-order valence-corrected chi connectivity index (χ1v) is 11.8. The van der Waals surface area contributed by atoms with Crippen molar-refractivity contribution in [3.63, 3.8) is 0 Å². The Labute approximate surface area is 193 Å². The van der Waals surface area contributed by atoms with Gasteiger partial charge in [0.2, 0.25) is 0 Å². The molecule has 1 heterocycles. The molecule has 0 unspecified atom stereocenters. The molecule has 2 aromatic carbocycles. The second-order valence-electron chi connectivity index (χ2n) is 8.54. The van der Waals surface area contributed by atoms with Crippen molar-refractivity contribution < 1.29 is 14.6 Å². The predicted molar refractivity (Wildman–Crippen MR) is 130 cm³/mol. The average Bonchev–Trinajstić information content (AvgIpc) is 2.82. The predicted octanol–water partition coefficient (Wildman–Crippen LogP) is 2.71. The van der Waals surface area contributed by atoms with Crippen molar-refractivity contribution in [3.8, 4) is 11.5 Å². The molecule has 2 N–H and O–H groups in total. The molecule has 1 saturated heterocycles. The van der Waals surface area contributed by atoms with Gasteiger partial charge in [-0.2, -0.15) is 0 Å². The molecule has 0 spiro atoms. The van der Waals surface area contributed by atoms with Crippen LogP contribution in [0.2, 0.25) is 0 Å². The molecule has 1 atom stereocenters. The second kappa shape index (κ2) is 12.8. The Hall–Kier alpha value is -2.12. The Bertz CT molecular complexity index is 822. The van der Waals surface area contributed by atoms with Crippen molar-refractivity contribution in [2.75, 3.05) is 59.5 Å². The van der Waals surface area contributed by atoms with Crippen molar-refractivity contribution in [3.05, 3.63) is 59.2 Å². The highest BCUT2D eigenvalue weighted by molar-refractivity contribution is 5.43. The summed E-state index contributed by atoms with van der Waals surface area (Å²) >= 11 is 0. The number of hydrogen-bond acceptors (Lipinski definition) is 6. The van der Waals surface area contributed by atoms with E-state index in [4.69, 9.17) is 9.47 Å². The minimum absolute atomic E-state index is 0.262. The molecule has 2 aromatic rings. The third-order valence-electron chi connectivity index (χ3n) is 6.20. The summed E-state index contributed by atoms with van der Waals surface area (Å²) in [5.41, 5.74) is 3.86. The quantitative estimate of drug-likeness (QED) is 0.494. The molecule has 0 saturated carbocycles. The first kappa shape index (κ1) is 24.5. The van der Waals surface area contributed by atoms with Gasteiger partial charge in [0.05, 0.1) is 7.11 Å². The molecule has 0 radical (unpaired) electrons. The molecule has 1 fully saturated rings. The lowest BCUT2D eigenvalue weighted by Crippen LogP contribution is -2.49. The standard InChI is InChI=1S/C26H39N3O3/c1-4-28-13-15-29(16-14-28)19-24(30)20-32-25-10-9-22(17-26(25)31-3)18-27-12-11-23-8-6-5-7-21(23)2/h5-10,17,24,27,30H,4,11-16,18-20H2,1-3H3/t24-/m0/s1. The second-order valence-corrected chi connectivity index (χ2v) is 8.54. The Morgan fingerprint density at radius 2 is 1.78 bits per heavy atom. The fourth-order valence-corrected chi connectivity index (χ4v) is 4.11. The molecule has 0 aliphatic carbocycles. The van der Waals surface area contributed by atoms with Crippen LogP contribution in [-0.2, 0) is 13.0 Å². The van der Waals surface area contributed by atoms with Gasteiger partial charge >= 0.3 is 0 Å². The van der Waals surface area contributed by atoms with Crippen molar-refractivity contribution >= 4 is 0 Å². The summed E-state index contributed by atoms with van der Waals surface area (Å²) in [6, 6.07) is 14.5. The lowest BCUT2D eigenvalue weighted by molar-refractivity contribution is 0.0464. The van der Waals surface area contributed by atoms with Crippen LogP contribution >= 0.6 is 0 Å². The van der Waals surface area contributed by atoms with E-state index in [2.05, 4.69) is 59.3 Å². The molecular formula is C26H39N3O3. The van der Waals surface area contributed by atoms with Gasteiger partial charge in [-0.15, -0.1) is 0 Å². The average molecular weight is 442 g/mol. The number of β-amino-alcohol motifs (C(OH)–C–C–N with tert-alkyl or cyclic N) is 1. The first-order chi connectivity index (χ1) is 15.6. The minimum atomic E-state index is -0.518. The summed E-state index contributed by atoms with van der Waals surface area (Å²) in [4.78, 5) is 4.74. The highest BCUT2D eigenvalue weighted by Gasteiger charge is 2.19. The maximum Gasteiger partial charge on any atom is 0.161 e. The van der Waals surface area contributed by atoms with Gasteiger partial charge in [-0.05, 0) is 55.3 Å². The number of aryl methyl sites for hydroxylation is 1. The maximum atomic E-state index is 10.4. The van der Waals surface area contributed by atoms with Crippen molar-refractivity contribution in [2.45, 2.75) is 32.9 Å². The van der Waals surface area contributed by atoms with Crippen LogP contribution in [0.15, 0.2) is 42.5 Å². The van der Waals surface area contributed by atoms with Gasteiger partial charge in [-0.25, -0.2) is 0 Å². The smallest absolute Gasteiger partial charge is 0.161 e. The number of hydrogen-bond donors (Lipinski definition) is 2. The van der Waals surface area contributed by atoms with Crippen molar-refractivity contribution in [1.82, 2.24) is 15.1 Å². The summed E-state index contributed by atoms with van der Waals surface area (Å²) in [6.45, 7) is 12.2. The van der Waals surface area contributed by atoms with Crippen LogP contribution in [0.3, 0.4) is 0 Å². The molecule has 6 heteroatoms. The Morgan fingerprint density at radius 1 is 1.03 bits per heavy atom. The number of likely N-dealkylation sites (N-methyl/N-ethyl adjacent to an activating group) is 1. The lowest BCUT2D eigenvalue weighted by atomic mass is 10.1. The minimum Gasteiger partial charge on any atom is -0.493 e. The topological polar surface area (TPSA) is 57.2 Å². The summed E-state index contributed by atoms with van der Waals surface area (Å²) in [7, 11) is 1.65. The molecule has 176 valence electrons. The van der Waals surface area contributed by atoms with Gasteiger partial charge in [0, 0.05) is 39.3 Å². The third-order valence-corrected chi connectivity index (χ3v) is 6.20. The summed E-state index contributed by atoms with van der Waals surface area (Å²) < 4.78 is 11.4. The van der Waals surface area contributed by atoms with E-state index in [1.807, 2.05) is 12.1 Å². The van der Waals surface area contributed by atoms with Crippen LogP contribution in [0.25, 0.3) is 0 Å². The van der Waals surface area contributed by atoms with E-state index in [-0.39, 0.29) is 6.61 Å². The van der Waals surface area contributed by atoms with E-state index in [1.54, 1.807) is 7.11 Å². The van der Waals surface area contributed by atoms with Gasteiger partial charge in [0.25, 0.3) is 0 Å². The number of nitrogens with one attached hydrogen (secondary N) is 1. The summed E-state index contributed by atoms with van der Waals surface area (Å²) in [5, 5.41) is 13.9. The normalized spacial score (nSPS) is 16.1. The molecule has 0 bridgehead atoms. The number of piperazine rings is 1. The van der Waals surface area contributed by atoms with Crippen LogP contribution in [0.5, 0.6) is 11.5 Å². The molecule has 3 rings (SSSR count). The van der Waals surface area contributed by atoms with E-state index in [0.29, 0.717) is 18.0 Å². The van der Waals surface area contributed by atoms with Gasteiger partial charge in [-0.3, -0.25) is 4.90 Å². The number of benzene rings is 2. The zero-order valence-electron chi connectivity index (χ0n) is 19.8. The van der Waals surface area contributed by atoms with E-state index >= 15 is 0 Å². The zero-order valence-corrected chi connectivity index (χ0v) is 19.8. The monoisotopic (exact) mass is 441 g/mol. The molecule has 1 aliphatic heterocycles. The third kappa shape index (κ3) is 7.48. The Morgan fingerprint density at radius 3 is 2.50 bits per heavy atom. The van der Waals surface area contributed by atoms with E-state index in [0.717, 1.165) is 57.8 Å². The molecule has 6 nitrogen and oxygen atoms in total. The van der Waals surface area contributed by atoms with Crippen LogP contribution in [0.4, 0.5) is 0 Å². The SMILES string of the molecule is CCN1CCN(C[C@H](O)COc2ccc(CNCCc3ccccc3C)cc2OC)CC1. The fourth-order valence-electron chi connectivity index (χ4n) is 4.11. The largest absolute Gasteiger partial charge is 0.493 e. The van der Waals surface area contributed by atoms with Gasteiger partial charge < -0.3 is 24.8 Å². The van der Waals surface area contributed by atoms with Crippen molar-refractivity contribution in [2.24, 2.45) is 0 Å². The number of nitrogens with zero attached hydrogens (tertiary/aromatic N) is 2. The van der Waals surface area contributed by atoms with Crippen LogP contribution in [-0.4, -0.2) is 80.5 Å². The fraction of sp³-hybridized carbons (Fsp3) is 0.538. The maximum absolute atomic E-state index is 10.4. The van der Waals surface area contributed by atoms with Crippen LogP contribution in [0.1, 0.15) is 23.6 Å². The molecule has 0 aromatic heterocycles. The molecular weight excluding hydrogens is 402 g/mol. The van der Waals surface area contributed by atoms with Crippen LogP contribution in [0, 0.1) is 6.92 Å². The zero-order chi connectivity index (χ0) is 22.8. The van der Waals surface area contributed by atoms with E-state index < -0.39 is 6.10 Å². The Kier molecular flexibility index (Phi) is 9.81. The molecule has 32 heavy (non-hydrogen) atoms. The number of aliphatic hydroxyl groups is 1. The highest BCUT2D eigenvalue weighted by Crippen LogP contribution is 2.28. The van der Waals surface area contributed by atoms with E-state index in [9.17, 15) is 5.11 Å². The molecule has 0 amide bonds. The van der Waals surface area contributed by atoms with Gasteiger partial charge in [0.1, 0.15) is 12.7 Å². The Balaban J connectivity index is 1.41. The van der Waals surface area contributed by atoms with E-state index in [1.165, 1.54) is 11.1 Å². The number of ether oxygens (including phenoxy) is 2. The highest BCUT2D eigenvalue weighted by atomic mass is 16.5. The first-order valence-electron chi connectivity index (χ1n) is 11.8.